The predicted molar refractivity (Wildman–Crippen MR) is 128 cm³/mol. The maximum Gasteiger partial charge on any atom is 0.243 e. The van der Waals surface area contributed by atoms with E-state index in [0.717, 1.165) is 5.56 Å². The molecule has 0 aliphatic carbocycles. The van der Waals surface area contributed by atoms with Crippen LogP contribution in [0.1, 0.15) is 23.5 Å². The van der Waals surface area contributed by atoms with Gasteiger partial charge >= 0.3 is 0 Å². The molecule has 0 spiro atoms. The Morgan fingerprint density at radius 3 is 2.40 bits per heavy atom. The van der Waals surface area contributed by atoms with Crippen molar-refractivity contribution >= 4 is 17.5 Å². The fourth-order valence-electron chi connectivity index (χ4n) is 3.85. The summed E-state index contributed by atoms with van der Waals surface area (Å²) in [5.74, 6) is 0.840. The van der Waals surface area contributed by atoms with Gasteiger partial charge in [0.05, 0.1) is 26.5 Å². The number of carbonyl (C=O) groups is 2. The van der Waals surface area contributed by atoms with Gasteiger partial charge in [-0.2, -0.15) is 0 Å². The number of amides is 2. The Kier molecular flexibility index (Phi) is 7.25. The maximum absolute atomic E-state index is 12.9. The number of anilines is 1. The average Bonchev–Trinajstić information content (AvgIpc) is 3.33. The highest BCUT2D eigenvalue weighted by atomic mass is 16.7. The van der Waals surface area contributed by atoms with E-state index in [1.807, 2.05) is 12.1 Å². The monoisotopic (exact) mass is 478 g/mol. The minimum absolute atomic E-state index is 0.0124. The van der Waals surface area contributed by atoms with E-state index in [9.17, 15) is 14.7 Å². The van der Waals surface area contributed by atoms with Crippen LogP contribution in [0.5, 0.6) is 28.7 Å². The summed E-state index contributed by atoms with van der Waals surface area (Å²) in [5.41, 5.74) is 1.80. The molecule has 0 bridgehead atoms. The van der Waals surface area contributed by atoms with Gasteiger partial charge in [-0.05, 0) is 35.9 Å². The summed E-state index contributed by atoms with van der Waals surface area (Å²) in [6, 6.07) is 17.4. The van der Waals surface area contributed by atoms with Gasteiger partial charge in [-0.15, -0.1) is 0 Å². The first-order chi connectivity index (χ1) is 17.0. The Morgan fingerprint density at radius 1 is 0.971 bits per heavy atom. The number of benzene rings is 3. The van der Waals surface area contributed by atoms with Crippen LogP contribution >= 0.6 is 0 Å². The Morgan fingerprint density at radius 2 is 1.69 bits per heavy atom. The summed E-state index contributed by atoms with van der Waals surface area (Å²) < 4.78 is 21.2. The lowest BCUT2D eigenvalue weighted by atomic mass is 9.87. The minimum Gasteiger partial charge on any atom is -0.508 e. The van der Waals surface area contributed by atoms with Gasteiger partial charge < -0.3 is 34.7 Å². The number of para-hydroxylation sites is 2. The van der Waals surface area contributed by atoms with E-state index in [2.05, 4.69) is 10.6 Å². The van der Waals surface area contributed by atoms with Gasteiger partial charge in [0.25, 0.3) is 0 Å². The normalized spacial score (nSPS) is 12.5. The lowest BCUT2D eigenvalue weighted by Gasteiger charge is -2.20. The zero-order valence-electron chi connectivity index (χ0n) is 19.4. The summed E-state index contributed by atoms with van der Waals surface area (Å²) in [6.07, 6.45) is -0.0124. The van der Waals surface area contributed by atoms with Crippen molar-refractivity contribution in [3.05, 3.63) is 71.8 Å². The highest BCUT2D eigenvalue weighted by Crippen LogP contribution is 2.43. The van der Waals surface area contributed by atoms with E-state index in [4.69, 9.17) is 18.9 Å². The molecule has 1 aliphatic heterocycles. The number of hydrogen-bond donors (Lipinski definition) is 3. The number of nitrogens with one attached hydrogen (secondary N) is 2. The van der Waals surface area contributed by atoms with Crippen LogP contribution in [-0.2, 0) is 9.59 Å². The van der Waals surface area contributed by atoms with E-state index in [1.54, 1.807) is 49.6 Å². The smallest absolute Gasteiger partial charge is 0.243 e. The highest BCUT2D eigenvalue weighted by molar-refractivity contribution is 5.95. The summed E-state index contributed by atoms with van der Waals surface area (Å²) in [6.45, 7) is -0.160. The quantitative estimate of drug-likeness (QED) is 0.432. The van der Waals surface area contributed by atoms with E-state index < -0.39 is 11.8 Å². The van der Waals surface area contributed by atoms with Gasteiger partial charge in [-0.25, -0.2) is 0 Å². The van der Waals surface area contributed by atoms with Gasteiger partial charge in [-0.3, -0.25) is 9.59 Å². The molecule has 1 heterocycles. The Bertz CT molecular complexity index is 1210. The number of fused-ring (bicyclic) bond motifs is 1. The van der Waals surface area contributed by atoms with Crippen molar-refractivity contribution in [3.63, 3.8) is 0 Å². The molecule has 0 radical (unpaired) electrons. The number of phenols is 1. The third-order valence-electron chi connectivity index (χ3n) is 5.63. The third-order valence-corrected chi connectivity index (χ3v) is 5.63. The van der Waals surface area contributed by atoms with E-state index in [1.165, 1.54) is 13.2 Å². The summed E-state index contributed by atoms with van der Waals surface area (Å²) in [7, 11) is 3.08. The standard InChI is InChI=1S/C26H26N2O7/c1-32-17-9-7-16(8-10-17)18(19-11-23-24(13-21(19)29)35-15-34-23)12-25(30)27-14-26(31)28-20-5-3-4-6-22(20)33-2/h3-11,13,18,29H,12,14-15H2,1-2H3,(H,27,30)(H,28,31). The van der Waals surface area contributed by atoms with Crippen molar-refractivity contribution in [1.29, 1.82) is 0 Å². The first-order valence-corrected chi connectivity index (χ1v) is 10.9. The molecule has 1 aliphatic rings. The fraction of sp³-hybridized carbons (Fsp3) is 0.231. The number of rotatable bonds is 9. The first-order valence-electron chi connectivity index (χ1n) is 10.9. The van der Waals surface area contributed by atoms with Crippen molar-refractivity contribution in [2.24, 2.45) is 0 Å². The van der Waals surface area contributed by atoms with Crippen LogP contribution in [0, 0.1) is 0 Å². The molecule has 0 aromatic heterocycles. The number of aromatic hydroxyl groups is 1. The second-order valence-electron chi connectivity index (χ2n) is 7.82. The second-order valence-corrected chi connectivity index (χ2v) is 7.82. The van der Waals surface area contributed by atoms with Crippen LogP contribution in [0.3, 0.4) is 0 Å². The summed E-state index contributed by atoms with van der Waals surface area (Å²) >= 11 is 0. The molecular weight excluding hydrogens is 452 g/mol. The van der Waals surface area contributed by atoms with Crippen molar-refractivity contribution in [1.82, 2.24) is 5.32 Å². The minimum atomic E-state index is -0.507. The number of ether oxygens (including phenoxy) is 4. The van der Waals surface area contributed by atoms with Crippen LogP contribution in [0.15, 0.2) is 60.7 Å². The van der Waals surface area contributed by atoms with Gasteiger partial charge in [-0.1, -0.05) is 24.3 Å². The zero-order chi connectivity index (χ0) is 24.8. The van der Waals surface area contributed by atoms with Crippen LogP contribution < -0.4 is 29.6 Å². The molecule has 3 aromatic carbocycles. The van der Waals surface area contributed by atoms with Gasteiger partial charge in [0.1, 0.15) is 17.2 Å². The van der Waals surface area contributed by atoms with Gasteiger partial charge in [0, 0.05) is 24.0 Å². The fourth-order valence-corrected chi connectivity index (χ4v) is 3.85. The van der Waals surface area contributed by atoms with E-state index in [0.29, 0.717) is 34.2 Å². The lowest BCUT2D eigenvalue weighted by Crippen LogP contribution is -2.33. The largest absolute Gasteiger partial charge is 0.508 e. The molecule has 0 fully saturated rings. The Labute approximate surface area is 202 Å². The van der Waals surface area contributed by atoms with Crippen LogP contribution in [0.25, 0.3) is 0 Å². The molecule has 9 nitrogen and oxygen atoms in total. The van der Waals surface area contributed by atoms with Crippen molar-refractivity contribution in [2.45, 2.75) is 12.3 Å². The van der Waals surface area contributed by atoms with Gasteiger partial charge in [0.15, 0.2) is 11.5 Å². The van der Waals surface area contributed by atoms with E-state index in [-0.39, 0.29) is 31.4 Å². The van der Waals surface area contributed by atoms with Crippen molar-refractivity contribution in [2.75, 3.05) is 32.9 Å². The van der Waals surface area contributed by atoms with Crippen LogP contribution in [0.4, 0.5) is 5.69 Å². The molecule has 1 unspecified atom stereocenters. The molecule has 2 amide bonds. The molecular formula is C26H26N2O7. The first kappa shape index (κ1) is 23.7. The lowest BCUT2D eigenvalue weighted by molar-refractivity contribution is -0.124. The van der Waals surface area contributed by atoms with Crippen LogP contribution in [0.2, 0.25) is 0 Å². The maximum atomic E-state index is 12.9. The molecule has 3 N–H and O–H groups in total. The highest BCUT2D eigenvalue weighted by Gasteiger charge is 2.26. The topological polar surface area (TPSA) is 115 Å². The molecule has 1 atom stereocenters. The number of methoxy groups -OCH3 is 2. The summed E-state index contributed by atoms with van der Waals surface area (Å²) in [5, 5.41) is 16.1. The average molecular weight is 479 g/mol. The Balaban J connectivity index is 1.49. The van der Waals surface area contributed by atoms with Crippen LogP contribution in [-0.4, -0.2) is 44.5 Å². The van der Waals surface area contributed by atoms with E-state index >= 15 is 0 Å². The Hall–Kier alpha value is -4.40. The molecule has 4 rings (SSSR count). The zero-order valence-corrected chi connectivity index (χ0v) is 19.4. The molecule has 3 aromatic rings. The van der Waals surface area contributed by atoms with Crippen molar-refractivity contribution < 1.29 is 33.6 Å². The third kappa shape index (κ3) is 5.57. The van der Waals surface area contributed by atoms with Crippen molar-refractivity contribution in [3.8, 4) is 28.7 Å². The summed E-state index contributed by atoms with van der Waals surface area (Å²) in [4.78, 5) is 25.3. The number of phenolic OH excluding ortho intramolecular Hbond substituents is 1. The second kappa shape index (κ2) is 10.7. The molecule has 0 saturated carbocycles. The predicted octanol–water partition coefficient (Wildman–Crippen LogP) is 3.42. The molecule has 35 heavy (non-hydrogen) atoms. The number of carbonyl (C=O) groups excluding carboxylic acids is 2. The molecule has 182 valence electrons. The van der Waals surface area contributed by atoms with Gasteiger partial charge in [0.2, 0.25) is 18.6 Å². The molecule has 0 saturated heterocycles. The number of hydrogen-bond acceptors (Lipinski definition) is 7. The SMILES string of the molecule is COc1ccc(C(CC(=O)NCC(=O)Nc2ccccc2OC)c2cc3c(cc2O)OCO3)cc1. The molecule has 9 heteroatoms.